The number of aryl methyl sites for hydroxylation is 1. The van der Waals surface area contributed by atoms with E-state index in [9.17, 15) is 0 Å². The van der Waals surface area contributed by atoms with Gasteiger partial charge in [0.15, 0.2) is 0 Å². The fourth-order valence-electron chi connectivity index (χ4n) is 2.27. The van der Waals surface area contributed by atoms with Gasteiger partial charge in [-0.15, -0.1) is 0 Å². The average molecular weight is 284 g/mol. The number of nitrogens with one attached hydrogen (secondary N) is 1. The minimum atomic E-state index is 0.439. The Hall–Kier alpha value is -0.340. The zero-order valence-corrected chi connectivity index (χ0v) is 12.3. The number of hydrogen-bond acceptors (Lipinski definition) is 1. The van der Waals surface area contributed by atoms with E-state index in [2.05, 4.69) is 60.2 Å². The lowest BCUT2D eigenvalue weighted by Gasteiger charge is -2.25. The van der Waals surface area contributed by atoms with E-state index < -0.39 is 0 Å². The quantitative estimate of drug-likeness (QED) is 0.842. The second-order valence-electron chi connectivity index (χ2n) is 4.56. The van der Waals surface area contributed by atoms with Crippen LogP contribution in [0.2, 0.25) is 0 Å². The Morgan fingerprint density at radius 2 is 2.06 bits per heavy atom. The molecule has 1 nitrogen and oxygen atoms in total. The van der Waals surface area contributed by atoms with Crippen LogP contribution in [0.15, 0.2) is 22.7 Å². The molecule has 0 saturated heterocycles. The summed E-state index contributed by atoms with van der Waals surface area (Å²) in [7, 11) is 2.05. The molecule has 0 aliphatic carbocycles. The van der Waals surface area contributed by atoms with Crippen molar-refractivity contribution in [1.82, 2.24) is 5.32 Å². The summed E-state index contributed by atoms with van der Waals surface area (Å²) in [5.74, 6) is 0.660. The smallest absolute Gasteiger partial charge is 0.0354 e. The Morgan fingerprint density at radius 3 is 2.62 bits per heavy atom. The lowest BCUT2D eigenvalue weighted by atomic mass is 9.90. The number of rotatable bonds is 5. The van der Waals surface area contributed by atoms with E-state index in [1.807, 2.05) is 7.05 Å². The fraction of sp³-hybridized carbons (Fsp3) is 0.571. The molecule has 0 heterocycles. The van der Waals surface area contributed by atoms with Crippen LogP contribution in [-0.4, -0.2) is 7.05 Å². The maximum atomic E-state index is 3.65. The lowest BCUT2D eigenvalue weighted by molar-refractivity contribution is 0.383. The number of benzene rings is 1. The molecule has 0 aliphatic heterocycles. The molecule has 16 heavy (non-hydrogen) atoms. The second kappa shape index (κ2) is 6.41. The van der Waals surface area contributed by atoms with Crippen LogP contribution < -0.4 is 5.32 Å². The Morgan fingerprint density at radius 1 is 1.38 bits per heavy atom. The van der Waals surface area contributed by atoms with Crippen LogP contribution >= 0.6 is 15.9 Å². The summed E-state index contributed by atoms with van der Waals surface area (Å²) in [6.07, 6.45) is 2.49. The Balaban J connectivity index is 2.98. The molecule has 90 valence electrons. The molecule has 1 aromatic carbocycles. The number of halogens is 1. The van der Waals surface area contributed by atoms with E-state index in [-0.39, 0.29) is 0 Å². The molecule has 0 amide bonds. The van der Waals surface area contributed by atoms with Gasteiger partial charge in [-0.25, -0.2) is 0 Å². The molecule has 1 rings (SSSR count). The largest absolute Gasteiger partial charge is 0.313 e. The van der Waals surface area contributed by atoms with E-state index in [4.69, 9.17) is 0 Å². The summed E-state index contributed by atoms with van der Waals surface area (Å²) < 4.78 is 1.21. The van der Waals surface area contributed by atoms with Crippen LogP contribution in [0.1, 0.15) is 43.9 Å². The monoisotopic (exact) mass is 283 g/mol. The summed E-state index contributed by atoms with van der Waals surface area (Å²) in [6, 6.07) is 7.00. The van der Waals surface area contributed by atoms with Crippen molar-refractivity contribution >= 4 is 15.9 Å². The molecule has 0 aromatic heterocycles. The van der Waals surface area contributed by atoms with Crippen LogP contribution in [-0.2, 0) is 0 Å². The van der Waals surface area contributed by atoms with Gasteiger partial charge >= 0.3 is 0 Å². The van der Waals surface area contributed by atoms with Gasteiger partial charge in [-0.2, -0.15) is 0 Å². The van der Waals surface area contributed by atoms with E-state index in [0.717, 1.165) is 0 Å². The van der Waals surface area contributed by atoms with Gasteiger partial charge < -0.3 is 5.32 Å². The molecule has 0 saturated carbocycles. The minimum Gasteiger partial charge on any atom is -0.313 e. The first-order valence-corrected chi connectivity index (χ1v) is 6.82. The standard InChI is InChI=1S/C14H22BrN/c1-5-6-11(3)14(16-4)12-9-10(2)7-8-13(12)15/h7-9,11,14,16H,5-6H2,1-4H3. The third-order valence-electron chi connectivity index (χ3n) is 3.11. The zero-order chi connectivity index (χ0) is 12.1. The summed E-state index contributed by atoms with van der Waals surface area (Å²) in [4.78, 5) is 0. The van der Waals surface area contributed by atoms with Crippen molar-refractivity contribution in [3.63, 3.8) is 0 Å². The van der Waals surface area contributed by atoms with Crippen LogP contribution in [0.5, 0.6) is 0 Å². The normalized spacial score (nSPS) is 14.8. The molecule has 0 radical (unpaired) electrons. The van der Waals surface area contributed by atoms with Crippen LogP contribution in [0, 0.1) is 12.8 Å². The van der Waals surface area contributed by atoms with Crippen molar-refractivity contribution in [2.24, 2.45) is 5.92 Å². The van der Waals surface area contributed by atoms with Gasteiger partial charge in [-0.05, 0) is 37.9 Å². The number of hydrogen-bond donors (Lipinski definition) is 1. The third kappa shape index (κ3) is 3.33. The van der Waals surface area contributed by atoms with Crippen molar-refractivity contribution in [1.29, 1.82) is 0 Å². The molecule has 1 N–H and O–H groups in total. The first-order valence-electron chi connectivity index (χ1n) is 6.03. The molecule has 2 unspecified atom stereocenters. The van der Waals surface area contributed by atoms with Crippen LogP contribution in [0.3, 0.4) is 0 Å². The Bertz CT molecular complexity index is 336. The van der Waals surface area contributed by atoms with E-state index in [0.29, 0.717) is 12.0 Å². The van der Waals surface area contributed by atoms with Crippen molar-refractivity contribution in [2.75, 3.05) is 7.05 Å². The first kappa shape index (κ1) is 13.7. The molecule has 2 heteroatoms. The van der Waals surface area contributed by atoms with Gasteiger partial charge in [0.05, 0.1) is 0 Å². The van der Waals surface area contributed by atoms with Crippen molar-refractivity contribution in [2.45, 2.75) is 39.7 Å². The van der Waals surface area contributed by atoms with Gasteiger partial charge in [0.25, 0.3) is 0 Å². The average Bonchev–Trinajstić information content (AvgIpc) is 2.24. The third-order valence-corrected chi connectivity index (χ3v) is 3.83. The Kier molecular flexibility index (Phi) is 5.50. The highest BCUT2D eigenvalue weighted by atomic mass is 79.9. The maximum absolute atomic E-state index is 3.65. The molecule has 0 aliphatic rings. The van der Waals surface area contributed by atoms with E-state index in [1.54, 1.807) is 0 Å². The summed E-state index contributed by atoms with van der Waals surface area (Å²) >= 11 is 3.65. The van der Waals surface area contributed by atoms with Gasteiger partial charge in [-0.1, -0.05) is 53.9 Å². The van der Waals surface area contributed by atoms with Crippen LogP contribution in [0.4, 0.5) is 0 Å². The molecule has 0 fully saturated rings. The highest BCUT2D eigenvalue weighted by Crippen LogP contribution is 2.31. The second-order valence-corrected chi connectivity index (χ2v) is 5.41. The van der Waals surface area contributed by atoms with Crippen molar-refractivity contribution in [3.05, 3.63) is 33.8 Å². The zero-order valence-electron chi connectivity index (χ0n) is 10.7. The Labute approximate surface area is 108 Å². The van der Waals surface area contributed by atoms with Crippen molar-refractivity contribution in [3.8, 4) is 0 Å². The van der Waals surface area contributed by atoms with E-state index in [1.165, 1.54) is 28.4 Å². The van der Waals surface area contributed by atoms with Gasteiger partial charge in [0, 0.05) is 10.5 Å². The summed E-state index contributed by atoms with van der Waals surface area (Å²) in [5, 5.41) is 3.44. The first-order chi connectivity index (χ1) is 7.60. The predicted molar refractivity (Wildman–Crippen MR) is 74.8 cm³/mol. The minimum absolute atomic E-state index is 0.439. The molecule has 2 atom stereocenters. The molecular formula is C14H22BrN. The van der Waals surface area contributed by atoms with Gasteiger partial charge in [0.2, 0.25) is 0 Å². The van der Waals surface area contributed by atoms with Crippen molar-refractivity contribution < 1.29 is 0 Å². The summed E-state index contributed by atoms with van der Waals surface area (Å²) in [6.45, 7) is 6.71. The molecular weight excluding hydrogens is 262 g/mol. The highest BCUT2D eigenvalue weighted by molar-refractivity contribution is 9.10. The van der Waals surface area contributed by atoms with Gasteiger partial charge in [0.1, 0.15) is 0 Å². The van der Waals surface area contributed by atoms with E-state index >= 15 is 0 Å². The molecule has 1 aromatic rings. The maximum Gasteiger partial charge on any atom is 0.0354 e. The molecule has 0 spiro atoms. The topological polar surface area (TPSA) is 12.0 Å². The highest BCUT2D eigenvalue weighted by Gasteiger charge is 2.18. The molecule has 0 bridgehead atoms. The fourth-order valence-corrected chi connectivity index (χ4v) is 2.76. The lowest BCUT2D eigenvalue weighted by Crippen LogP contribution is -2.24. The predicted octanol–water partition coefficient (Wildman–Crippen LogP) is 4.45. The van der Waals surface area contributed by atoms with Gasteiger partial charge in [-0.3, -0.25) is 0 Å². The van der Waals surface area contributed by atoms with Crippen LogP contribution in [0.25, 0.3) is 0 Å². The summed E-state index contributed by atoms with van der Waals surface area (Å²) in [5.41, 5.74) is 2.70. The SMILES string of the molecule is CCCC(C)C(NC)c1cc(C)ccc1Br.